The van der Waals surface area contributed by atoms with Gasteiger partial charge in [0.05, 0.1) is 27.4 Å². The van der Waals surface area contributed by atoms with E-state index in [1.54, 1.807) is 25.3 Å². The Balaban J connectivity index is 1.81. The van der Waals surface area contributed by atoms with E-state index in [4.69, 9.17) is 0 Å². The van der Waals surface area contributed by atoms with E-state index in [0.717, 1.165) is 15.8 Å². The van der Waals surface area contributed by atoms with Gasteiger partial charge in [0.2, 0.25) is 0 Å². The first kappa shape index (κ1) is 19.7. The number of anilines is 1. The van der Waals surface area contributed by atoms with Gasteiger partial charge in [-0.3, -0.25) is 24.8 Å². The van der Waals surface area contributed by atoms with E-state index in [0.29, 0.717) is 16.4 Å². The van der Waals surface area contributed by atoms with Crippen molar-refractivity contribution in [3.63, 3.8) is 0 Å². The molecule has 4 aromatic rings. The Morgan fingerprint density at radius 3 is 2.70 bits per heavy atom. The molecule has 1 amide bonds. The number of amides is 1. The smallest absolute Gasteiger partial charge is 0.273 e. The maximum atomic E-state index is 13.5. The third-order valence-electron chi connectivity index (χ3n) is 4.79. The number of hydrogen-bond donors (Lipinski definition) is 0. The quantitative estimate of drug-likeness (QED) is 0.334. The molecule has 150 valence electrons. The molecule has 2 heterocycles. The van der Waals surface area contributed by atoms with E-state index in [9.17, 15) is 14.9 Å². The second-order valence-corrected chi connectivity index (χ2v) is 7.90. The SMILES string of the molecule is Cc1ccc2nc(N(Cc3ccccn3)C(=O)c3cccc([N+](=O)[O-])c3C)sc2c1. The highest BCUT2D eigenvalue weighted by Crippen LogP contribution is 2.32. The Kier molecular flexibility index (Phi) is 5.24. The molecule has 0 aliphatic carbocycles. The summed E-state index contributed by atoms with van der Waals surface area (Å²) in [6.07, 6.45) is 1.66. The van der Waals surface area contributed by atoms with Crippen LogP contribution < -0.4 is 4.90 Å². The average Bonchev–Trinajstić information content (AvgIpc) is 3.15. The van der Waals surface area contributed by atoms with Gasteiger partial charge in [-0.15, -0.1) is 0 Å². The standard InChI is InChI=1S/C22H18N4O3S/c1-14-9-10-18-20(12-14)30-22(24-18)25(13-16-6-3-4-11-23-16)21(27)17-7-5-8-19(15(17)2)26(28)29/h3-12H,13H2,1-2H3. The molecule has 0 saturated carbocycles. The lowest BCUT2D eigenvalue weighted by Gasteiger charge is -2.20. The molecule has 0 radical (unpaired) electrons. The molecule has 0 aliphatic rings. The third-order valence-corrected chi connectivity index (χ3v) is 5.83. The molecule has 4 rings (SSSR count). The largest absolute Gasteiger partial charge is 0.278 e. The minimum absolute atomic E-state index is 0.0847. The minimum Gasteiger partial charge on any atom is -0.278 e. The van der Waals surface area contributed by atoms with Gasteiger partial charge in [0.15, 0.2) is 5.13 Å². The molecule has 0 N–H and O–H groups in total. The predicted octanol–water partition coefficient (Wildman–Crippen LogP) is 5.06. The molecular formula is C22H18N4O3S. The summed E-state index contributed by atoms with van der Waals surface area (Å²) in [5.41, 5.74) is 3.12. The number of nitrogens with zero attached hydrogens (tertiary/aromatic N) is 4. The Labute approximate surface area is 176 Å². The summed E-state index contributed by atoms with van der Waals surface area (Å²) in [6.45, 7) is 3.80. The molecule has 0 fully saturated rings. The number of carbonyl (C=O) groups is 1. The topological polar surface area (TPSA) is 89.2 Å². The Hall–Kier alpha value is -3.65. The van der Waals surface area contributed by atoms with E-state index in [1.807, 2.05) is 37.3 Å². The number of aromatic nitrogens is 2. The van der Waals surface area contributed by atoms with Crippen molar-refractivity contribution in [2.75, 3.05) is 4.90 Å². The van der Waals surface area contributed by atoms with Crippen LogP contribution in [0.25, 0.3) is 10.2 Å². The minimum atomic E-state index is -0.477. The van der Waals surface area contributed by atoms with Gasteiger partial charge in [-0.1, -0.05) is 29.5 Å². The van der Waals surface area contributed by atoms with Gasteiger partial charge in [0.1, 0.15) is 0 Å². The number of rotatable bonds is 5. The van der Waals surface area contributed by atoms with Crippen molar-refractivity contribution >= 4 is 38.3 Å². The van der Waals surface area contributed by atoms with E-state index < -0.39 is 4.92 Å². The van der Waals surface area contributed by atoms with Crippen molar-refractivity contribution in [2.45, 2.75) is 20.4 Å². The number of fused-ring (bicyclic) bond motifs is 1. The summed E-state index contributed by atoms with van der Waals surface area (Å²) in [5.74, 6) is -0.349. The summed E-state index contributed by atoms with van der Waals surface area (Å²) in [5, 5.41) is 11.9. The molecule has 0 bridgehead atoms. The van der Waals surface area contributed by atoms with Crippen LogP contribution in [0.1, 0.15) is 27.2 Å². The normalized spacial score (nSPS) is 10.9. The lowest BCUT2D eigenvalue weighted by Crippen LogP contribution is -2.31. The number of carbonyl (C=O) groups excluding carboxylic acids is 1. The summed E-state index contributed by atoms with van der Waals surface area (Å²) < 4.78 is 0.972. The molecular weight excluding hydrogens is 400 g/mol. The van der Waals surface area contributed by atoms with Crippen LogP contribution in [0, 0.1) is 24.0 Å². The van der Waals surface area contributed by atoms with Crippen molar-refractivity contribution in [1.29, 1.82) is 0 Å². The fraction of sp³-hybridized carbons (Fsp3) is 0.136. The number of nitro groups is 1. The second kappa shape index (κ2) is 8.00. The number of thiazole rings is 1. The van der Waals surface area contributed by atoms with Gasteiger partial charge in [0.25, 0.3) is 11.6 Å². The van der Waals surface area contributed by atoms with Crippen molar-refractivity contribution in [2.24, 2.45) is 0 Å². The number of aryl methyl sites for hydroxylation is 1. The van der Waals surface area contributed by atoms with Gasteiger partial charge in [-0.25, -0.2) is 4.98 Å². The van der Waals surface area contributed by atoms with Gasteiger partial charge in [-0.2, -0.15) is 0 Å². The summed E-state index contributed by atoms with van der Waals surface area (Å²) in [6, 6.07) is 15.9. The second-order valence-electron chi connectivity index (χ2n) is 6.89. The van der Waals surface area contributed by atoms with Crippen molar-refractivity contribution in [3.05, 3.63) is 93.3 Å². The zero-order valence-corrected chi connectivity index (χ0v) is 17.2. The predicted molar refractivity (Wildman–Crippen MR) is 117 cm³/mol. The molecule has 0 saturated heterocycles. The Morgan fingerprint density at radius 1 is 1.13 bits per heavy atom. The molecule has 8 heteroatoms. The van der Waals surface area contributed by atoms with E-state index in [1.165, 1.54) is 28.4 Å². The lowest BCUT2D eigenvalue weighted by molar-refractivity contribution is -0.385. The molecule has 2 aromatic carbocycles. The van der Waals surface area contributed by atoms with Crippen LogP contribution in [0.2, 0.25) is 0 Å². The zero-order chi connectivity index (χ0) is 21.3. The monoisotopic (exact) mass is 418 g/mol. The van der Waals surface area contributed by atoms with Crippen LogP contribution in [0.3, 0.4) is 0 Å². The van der Waals surface area contributed by atoms with E-state index in [-0.39, 0.29) is 23.7 Å². The number of pyridine rings is 1. The van der Waals surface area contributed by atoms with Gasteiger partial charge < -0.3 is 0 Å². The highest BCUT2D eigenvalue weighted by Gasteiger charge is 2.26. The van der Waals surface area contributed by atoms with Crippen molar-refractivity contribution < 1.29 is 9.72 Å². The van der Waals surface area contributed by atoms with Crippen molar-refractivity contribution in [1.82, 2.24) is 9.97 Å². The third kappa shape index (κ3) is 3.77. The van der Waals surface area contributed by atoms with Crippen LogP contribution in [0.5, 0.6) is 0 Å². The van der Waals surface area contributed by atoms with Crippen LogP contribution in [-0.2, 0) is 6.54 Å². The highest BCUT2D eigenvalue weighted by atomic mass is 32.1. The van der Waals surface area contributed by atoms with Crippen LogP contribution in [-0.4, -0.2) is 20.8 Å². The van der Waals surface area contributed by atoms with Crippen molar-refractivity contribution in [3.8, 4) is 0 Å². The van der Waals surface area contributed by atoms with E-state index >= 15 is 0 Å². The van der Waals surface area contributed by atoms with Gasteiger partial charge in [0, 0.05) is 23.4 Å². The maximum absolute atomic E-state index is 13.5. The molecule has 0 atom stereocenters. The first-order valence-electron chi connectivity index (χ1n) is 9.27. The molecule has 0 aliphatic heterocycles. The molecule has 0 spiro atoms. The molecule has 30 heavy (non-hydrogen) atoms. The Bertz CT molecular complexity index is 1250. The van der Waals surface area contributed by atoms with E-state index in [2.05, 4.69) is 9.97 Å². The van der Waals surface area contributed by atoms with Crippen LogP contribution >= 0.6 is 11.3 Å². The lowest BCUT2D eigenvalue weighted by atomic mass is 10.1. The maximum Gasteiger partial charge on any atom is 0.273 e. The summed E-state index contributed by atoms with van der Waals surface area (Å²) >= 11 is 1.41. The van der Waals surface area contributed by atoms with Crippen LogP contribution in [0.15, 0.2) is 60.8 Å². The number of benzene rings is 2. The summed E-state index contributed by atoms with van der Waals surface area (Å²) in [4.78, 5) is 34.9. The fourth-order valence-electron chi connectivity index (χ4n) is 3.21. The summed E-state index contributed by atoms with van der Waals surface area (Å²) in [7, 11) is 0. The first-order valence-corrected chi connectivity index (χ1v) is 10.1. The van der Waals surface area contributed by atoms with Gasteiger partial charge >= 0.3 is 0 Å². The molecule has 7 nitrogen and oxygen atoms in total. The molecule has 2 aromatic heterocycles. The highest BCUT2D eigenvalue weighted by molar-refractivity contribution is 7.22. The Morgan fingerprint density at radius 2 is 1.97 bits per heavy atom. The number of hydrogen-bond acceptors (Lipinski definition) is 6. The number of nitro benzene ring substituents is 1. The van der Waals surface area contributed by atoms with Crippen LogP contribution in [0.4, 0.5) is 10.8 Å². The average molecular weight is 418 g/mol. The van der Waals surface area contributed by atoms with Gasteiger partial charge in [-0.05, 0) is 49.7 Å². The zero-order valence-electron chi connectivity index (χ0n) is 16.4. The fourth-order valence-corrected chi connectivity index (χ4v) is 4.27. The molecule has 0 unspecified atom stereocenters. The first-order chi connectivity index (χ1) is 14.4.